The zero-order valence-corrected chi connectivity index (χ0v) is 14.7. The number of piperidine rings is 1. The molecule has 1 fully saturated rings. The number of halogens is 1. The maximum absolute atomic E-state index is 12.5. The van der Waals surface area contributed by atoms with E-state index in [1.807, 2.05) is 30.3 Å². The number of hydrogen-bond donors (Lipinski definition) is 1. The van der Waals surface area contributed by atoms with Gasteiger partial charge in [-0.15, -0.1) is 0 Å². The molecule has 4 nitrogen and oxygen atoms in total. The first-order valence-corrected chi connectivity index (χ1v) is 8.88. The molecule has 1 N–H and O–H groups in total. The molecule has 5 heteroatoms. The summed E-state index contributed by atoms with van der Waals surface area (Å²) >= 11 is 5.87. The number of likely N-dealkylation sites (tertiary alicyclic amines) is 1. The first kappa shape index (κ1) is 17.5. The van der Waals surface area contributed by atoms with Gasteiger partial charge in [0, 0.05) is 36.1 Å². The topological polar surface area (TPSA) is 49.4 Å². The fraction of sp³-hybridized carbons (Fsp3) is 0.300. The van der Waals surface area contributed by atoms with E-state index in [-0.39, 0.29) is 17.7 Å². The Morgan fingerprint density at radius 1 is 1.00 bits per heavy atom. The van der Waals surface area contributed by atoms with Crippen molar-refractivity contribution in [3.8, 4) is 0 Å². The summed E-state index contributed by atoms with van der Waals surface area (Å²) in [6, 6.07) is 16.8. The van der Waals surface area contributed by atoms with E-state index < -0.39 is 0 Å². The first-order chi connectivity index (χ1) is 12.1. The van der Waals surface area contributed by atoms with Gasteiger partial charge in [0.1, 0.15) is 0 Å². The smallest absolute Gasteiger partial charge is 0.317 e. The van der Waals surface area contributed by atoms with Crippen molar-refractivity contribution in [2.45, 2.75) is 19.4 Å². The van der Waals surface area contributed by atoms with E-state index in [9.17, 15) is 9.59 Å². The number of benzene rings is 2. The molecule has 1 aliphatic rings. The largest absolute Gasteiger partial charge is 0.334 e. The lowest BCUT2D eigenvalue weighted by molar-refractivity contribution is 0.0854. The molecule has 25 heavy (non-hydrogen) atoms. The van der Waals surface area contributed by atoms with Gasteiger partial charge in [-0.1, -0.05) is 41.9 Å². The molecule has 0 unspecified atom stereocenters. The summed E-state index contributed by atoms with van der Waals surface area (Å²) in [5.41, 5.74) is 1.76. The van der Waals surface area contributed by atoms with Crippen LogP contribution < -0.4 is 5.32 Å². The Hall–Kier alpha value is -2.33. The van der Waals surface area contributed by atoms with E-state index >= 15 is 0 Å². The standard InChI is InChI=1S/C20H21ClN2O2/c21-18-8-6-16(7-9-18)19(24)17-10-12-23(13-11-17)20(25)22-14-15-4-2-1-3-5-15/h1-9,17H,10-14H2,(H,22,25). The number of nitrogens with one attached hydrogen (secondary N) is 1. The van der Waals surface area contributed by atoms with Gasteiger partial charge in [0.25, 0.3) is 0 Å². The van der Waals surface area contributed by atoms with Gasteiger partial charge in [0.2, 0.25) is 0 Å². The monoisotopic (exact) mass is 356 g/mol. The summed E-state index contributed by atoms with van der Waals surface area (Å²) in [5, 5.41) is 3.56. The van der Waals surface area contributed by atoms with Crippen LogP contribution in [0.2, 0.25) is 5.02 Å². The predicted octanol–water partition coefficient (Wildman–Crippen LogP) is 4.14. The number of urea groups is 1. The molecule has 1 heterocycles. The summed E-state index contributed by atoms with van der Waals surface area (Å²) in [5.74, 6) is 0.111. The number of carbonyl (C=O) groups excluding carboxylic acids is 2. The Balaban J connectivity index is 1.48. The van der Waals surface area contributed by atoms with Gasteiger partial charge in [0.05, 0.1) is 0 Å². The Bertz CT molecular complexity index is 723. The minimum absolute atomic E-state index is 0.0284. The van der Waals surface area contributed by atoms with Gasteiger partial charge in [-0.25, -0.2) is 4.79 Å². The fourth-order valence-electron chi connectivity index (χ4n) is 3.08. The van der Waals surface area contributed by atoms with E-state index in [2.05, 4.69) is 5.32 Å². The van der Waals surface area contributed by atoms with Gasteiger partial charge in [-0.3, -0.25) is 4.79 Å². The zero-order valence-electron chi connectivity index (χ0n) is 14.0. The van der Waals surface area contributed by atoms with Crippen LogP contribution in [-0.2, 0) is 6.54 Å². The van der Waals surface area contributed by atoms with E-state index in [0.717, 1.165) is 5.56 Å². The van der Waals surface area contributed by atoms with Gasteiger partial charge in [-0.05, 0) is 42.7 Å². The van der Waals surface area contributed by atoms with Gasteiger partial charge < -0.3 is 10.2 Å². The minimum Gasteiger partial charge on any atom is -0.334 e. The molecule has 0 atom stereocenters. The third-order valence-electron chi connectivity index (χ3n) is 4.57. The van der Waals surface area contributed by atoms with Crippen LogP contribution in [0.1, 0.15) is 28.8 Å². The highest BCUT2D eigenvalue weighted by Crippen LogP contribution is 2.22. The van der Waals surface area contributed by atoms with Crippen molar-refractivity contribution >= 4 is 23.4 Å². The lowest BCUT2D eigenvalue weighted by atomic mass is 9.89. The van der Waals surface area contributed by atoms with Crippen LogP contribution in [0, 0.1) is 5.92 Å². The molecular formula is C20H21ClN2O2. The Morgan fingerprint density at radius 2 is 1.64 bits per heavy atom. The first-order valence-electron chi connectivity index (χ1n) is 8.50. The van der Waals surface area contributed by atoms with Crippen LogP contribution in [-0.4, -0.2) is 29.8 Å². The van der Waals surface area contributed by atoms with Gasteiger partial charge in [0.15, 0.2) is 5.78 Å². The molecule has 0 saturated carbocycles. The third-order valence-corrected chi connectivity index (χ3v) is 4.82. The van der Waals surface area contributed by atoms with Crippen molar-refractivity contribution in [3.63, 3.8) is 0 Å². The SMILES string of the molecule is O=C(c1ccc(Cl)cc1)C1CCN(C(=O)NCc2ccccc2)CC1. The summed E-state index contributed by atoms with van der Waals surface area (Å²) in [7, 11) is 0. The number of amides is 2. The molecule has 2 aromatic rings. The highest BCUT2D eigenvalue weighted by Gasteiger charge is 2.27. The predicted molar refractivity (Wildman–Crippen MR) is 98.8 cm³/mol. The number of hydrogen-bond acceptors (Lipinski definition) is 2. The second kappa shape index (κ2) is 8.17. The molecule has 0 aliphatic carbocycles. The van der Waals surface area contributed by atoms with Gasteiger partial charge >= 0.3 is 6.03 Å². The van der Waals surface area contributed by atoms with Crippen molar-refractivity contribution in [2.75, 3.05) is 13.1 Å². The van der Waals surface area contributed by atoms with Crippen molar-refractivity contribution in [2.24, 2.45) is 5.92 Å². The number of Topliss-reactive ketones (excluding diaryl/α,β-unsaturated/α-hetero) is 1. The Labute approximate surface area is 152 Å². The second-order valence-corrected chi connectivity index (χ2v) is 6.71. The molecule has 2 amide bonds. The quantitative estimate of drug-likeness (QED) is 0.837. The number of ketones is 1. The molecule has 3 rings (SSSR count). The van der Waals surface area contributed by atoms with Crippen LogP contribution in [0.4, 0.5) is 4.79 Å². The lowest BCUT2D eigenvalue weighted by Gasteiger charge is -2.31. The maximum atomic E-state index is 12.5. The maximum Gasteiger partial charge on any atom is 0.317 e. The fourth-order valence-corrected chi connectivity index (χ4v) is 3.21. The molecule has 1 saturated heterocycles. The highest BCUT2D eigenvalue weighted by molar-refractivity contribution is 6.30. The summed E-state index contributed by atoms with van der Waals surface area (Å²) < 4.78 is 0. The van der Waals surface area contributed by atoms with E-state index in [1.54, 1.807) is 29.2 Å². The van der Waals surface area contributed by atoms with Crippen LogP contribution in [0.15, 0.2) is 54.6 Å². The molecule has 130 valence electrons. The molecule has 0 radical (unpaired) electrons. The molecule has 1 aliphatic heterocycles. The Morgan fingerprint density at radius 3 is 2.28 bits per heavy atom. The molecule has 0 bridgehead atoms. The molecule has 0 spiro atoms. The number of rotatable bonds is 4. The summed E-state index contributed by atoms with van der Waals surface area (Å²) in [6.07, 6.45) is 1.39. The highest BCUT2D eigenvalue weighted by atomic mass is 35.5. The van der Waals surface area contributed by atoms with Crippen molar-refractivity contribution < 1.29 is 9.59 Å². The Kier molecular flexibility index (Phi) is 5.71. The minimum atomic E-state index is -0.0683. The van der Waals surface area contributed by atoms with Crippen molar-refractivity contribution in [1.29, 1.82) is 0 Å². The van der Waals surface area contributed by atoms with E-state index in [4.69, 9.17) is 11.6 Å². The molecule has 2 aromatic carbocycles. The summed E-state index contributed by atoms with van der Waals surface area (Å²) in [6.45, 7) is 1.72. The molecule has 0 aromatic heterocycles. The van der Waals surface area contributed by atoms with Crippen LogP contribution in [0.3, 0.4) is 0 Å². The number of carbonyl (C=O) groups is 2. The van der Waals surface area contributed by atoms with Crippen LogP contribution >= 0.6 is 11.6 Å². The number of nitrogens with zero attached hydrogens (tertiary/aromatic N) is 1. The third kappa shape index (κ3) is 4.60. The van der Waals surface area contributed by atoms with E-state index in [1.165, 1.54) is 0 Å². The normalized spacial score (nSPS) is 15.0. The lowest BCUT2D eigenvalue weighted by Crippen LogP contribution is -2.45. The van der Waals surface area contributed by atoms with Crippen LogP contribution in [0.5, 0.6) is 0 Å². The van der Waals surface area contributed by atoms with E-state index in [0.29, 0.717) is 43.1 Å². The van der Waals surface area contributed by atoms with Crippen molar-refractivity contribution in [1.82, 2.24) is 10.2 Å². The van der Waals surface area contributed by atoms with Crippen LogP contribution in [0.25, 0.3) is 0 Å². The average molecular weight is 357 g/mol. The molecular weight excluding hydrogens is 336 g/mol. The average Bonchev–Trinajstić information content (AvgIpc) is 2.67. The second-order valence-electron chi connectivity index (χ2n) is 6.28. The van der Waals surface area contributed by atoms with Gasteiger partial charge in [-0.2, -0.15) is 0 Å². The summed E-state index contributed by atoms with van der Waals surface area (Å²) in [4.78, 5) is 26.6. The zero-order chi connectivity index (χ0) is 17.6. The van der Waals surface area contributed by atoms with Crippen molar-refractivity contribution in [3.05, 3.63) is 70.7 Å².